The van der Waals surface area contributed by atoms with Crippen molar-refractivity contribution in [1.82, 2.24) is 4.98 Å². The second-order valence-corrected chi connectivity index (χ2v) is 5.27. The zero-order valence-corrected chi connectivity index (χ0v) is 12.2. The van der Waals surface area contributed by atoms with Crippen LogP contribution in [0.5, 0.6) is 0 Å². The number of nitrogens with zero attached hydrogens (tertiary/aromatic N) is 1. The Hall–Kier alpha value is -1.56. The Morgan fingerprint density at radius 3 is 2.50 bits per heavy atom. The lowest BCUT2D eigenvalue weighted by Gasteiger charge is -2.15. The van der Waals surface area contributed by atoms with Crippen LogP contribution in [0.3, 0.4) is 0 Å². The van der Waals surface area contributed by atoms with Gasteiger partial charge in [0.2, 0.25) is 0 Å². The Kier molecular flexibility index (Phi) is 4.32. The van der Waals surface area contributed by atoms with Gasteiger partial charge in [-0.15, -0.1) is 0 Å². The third-order valence-corrected chi connectivity index (χ3v) is 3.30. The molecular weight excluding hydrogens is 333 g/mol. The van der Waals surface area contributed by atoms with Crippen LogP contribution in [-0.4, -0.2) is 4.98 Å². The van der Waals surface area contributed by atoms with E-state index in [0.29, 0.717) is 5.82 Å². The van der Waals surface area contributed by atoms with E-state index in [1.54, 1.807) is 0 Å². The van der Waals surface area contributed by atoms with Crippen molar-refractivity contribution in [2.75, 3.05) is 5.32 Å². The first-order valence-corrected chi connectivity index (χ1v) is 6.71. The summed E-state index contributed by atoms with van der Waals surface area (Å²) in [5.74, 6) is 0.408. The largest absolute Gasteiger partial charge is 0.417 e. The fourth-order valence-corrected chi connectivity index (χ4v) is 2.14. The molecule has 1 aromatic heterocycles. The third-order valence-electron chi connectivity index (χ3n) is 2.80. The quantitative estimate of drug-likeness (QED) is 0.843. The Bertz CT molecular complexity index is 582. The van der Waals surface area contributed by atoms with E-state index >= 15 is 0 Å². The minimum atomic E-state index is -4.36. The van der Waals surface area contributed by atoms with E-state index in [2.05, 4.69) is 26.2 Å². The van der Waals surface area contributed by atoms with Crippen LogP contribution < -0.4 is 5.32 Å². The van der Waals surface area contributed by atoms with E-state index in [4.69, 9.17) is 0 Å². The topological polar surface area (TPSA) is 24.9 Å². The zero-order chi connectivity index (χ0) is 14.8. The molecule has 1 N–H and O–H groups in total. The number of aromatic nitrogens is 1. The van der Waals surface area contributed by atoms with Crippen molar-refractivity contribution in [1.29, 1.82) is 0 Å². The number of alkyl halides is 3. The predicted molar refractivity (Wildman–Crippen MR) is 75.4 cm³/mol. The summed E-state index contributed by atoms with van der Waals surface area (Å²) in [4.78, 5) is 3.79. The Balaban J connectivity index is 2.10. The lowest BCUT2D eigenvalue weighted by atomic mass is 10.1. The Morgan fingerprint density at radius 2 is 1.95 bits per heavy atom. The number of anilines is 1. The molecule has 106 valence electrons. The van der Waals surface area contributed by atoms with Gasteiger partial charge in [0.05, 0.1) is 5.56 Å². The summed E-state index contributed by atoms with van der Waals surface area (Å²) in [5.41, 5.74) is 0.263. The highest BCUT2D eigenvalue weighted by molar-refractivity contribution is 9.10. The number of hydrogen-bond donors (Lipinski definition) is 1. The fraction of sp³-hybridized carbons (Fsp3) is 0.214. The molecular formula is C14H12BrF3N2. The van der Waals surface area contributed by atoms with Crippen LogP contribution in [-0.2, 0) is 6.18 Å². The van der Waals surface area contributed by atoms with Crippen LogP contribution >= 0.6 is 15.9 Å². The molecule has 1 heterocycles. The summed E-state index contributed by atoms with van der Waals surface area (Å²) in [7, 11) is 0. The molecule has 1 unspecified atom stereocenters. The van der Waals surface area contributed by atoms with Crippen LogP contribution in [0.15, 0.2) is 47.1 Å². The average Bonchev–Trinajstić information content (AvgIpc) is 2.38. The molecule has 0 amide bonds. The molecule has 0 saturated heterocycles. The summed E-state index contributed by atoms with van der Waals surface area (Å²) in [5, 5.41) is 3.06. The molecule has 2 nitrogen and oxygen atoms in total. The molecule has 6 heteroatoms. The fourth-order valence-electron chi connectivity index (χ4n) is 1.73. The molecule has 1 atom stereocenters. The van der Waals surface area contributed by atoms with Gasteiger partial charge in [-0.1, -0.05) is 28.1 Å². The van der Waals surface area contributed by atoms with Gasteiger partial charge in [-0.2, -0.15) is 13.2 Å². The second kappa shape index (κ2) is 5.83. The maximum Gasteiger partial charge on any atom is 0.417 e. The van der Waals surface area contributed by atoms with Crippen molar-refractivity contribution in [2.24, 2.45) is 0 Å². The molecule has 2 aromatic rings. The highest BCUT2D eigenvalue weighted by atomic mass is 79.9. The number of benzene rings is 1. The zero-order valence-electron chi connectivity index (χ0n) is 10.6. The third kappa shape index (κ3) is 3.72. The average molecular weight is 345 g/mol. The molecule has 0 aliphatic rings. The van der Waals surface area contributed by atoms with Gasteiger partial charge in [-0.25, -0.2) is 4.98 Å². The normalized spacial score (nSPS) is 13.1. The molecule has 1 aromatic carbocycles. The van der Waals surface area contributed by atoms with E-state index in [9.17, 15) is 13.2 Å². The summed E-state index contributed by atoms with van der Waals surface area (Å²) < 4.78 is 38.2. The van der Waals surface area contributed by atoms with Gasteiger partial charge in [0, 0.05) is 16.7 Å². The molecule has 0 spiro atoms. The van der Waals surface area contributed by atoms with Gasteiger partial charge in [0.1, 0.15) is 5.82 Å². The first-order valence-electron chi connectivity index (χ1n) is 5.91. The molecule has 0 fully saturated rings. The van der Waals surface area contributed by atoms with E-state index < -0.39 is 11.7 Å². The molecule has 0 aliphatic heterocycles. The van der Waals surface area contributed by atoms with Gasteiger partial charge in [0.25, 0.3) is 0 Å². The molecule has 2 rings (SSSR count). The van der Waals surface area contributed by atoms with Crippen LogP contribution in [0.2, 0.25) is 0 Å². The van der Waals surface area contributed by atoms with Crippen molar-refractivity contribution in [3.63, 3.8) is 0 Å². The van der Waals surface area contributed by atoms with Gasteiger partial charge in [-0.3, -0.25) is 0 Å². The van der Waals surface area contributed by atoms with Crippen LogP contribution in [0.1, 0.15) is 24.1 Å². The maximum absolute atomic E-state index is 12.4. The number of halogens is 4. The number of hydrogen-bond acceptors (Lipinski definition) is 2. The monoisotopic (exact) mass is 344 g/mol. The van der Waals surface area contributed by atoms with Gasteiger partial charge < -0.3 is 5.32 Å². The molecule has 0 saturated carbocycles. The molecule has 0 bridgehead atoms. The van der Waals surface area contributed by atoms with E-state index in [0.717, 1.165) is 22.3 Å². The van der Waals surface area contributed by atoms with Crippen LogP contribution in [0, 0.1) is 0 Å². The first-order chi connectivity index (χ1) is 9.36. The van der Waals surface area contributed by atoms with Gasteiger partial charge in [-0.05, 0) is 36.8 Å². The van der Waals surface area contributed by atoms with Gasteiger partial charge >= 0.3 is 6.18 Å². The van der Waals surface area contributed by atoms with Gasteiger partial charge in [0.15, 0.2) is 0 Å². The van der Waals surface area contributed by atoms with Crippen LogP contribution in [0.25, 0.3) is 0 Å². The minimum absolute atomic E-state index is 0.0586. The minimum Gasteiger partial charge on any atom is -0.364 e. The summed E-state index contributed by atoms with van der Waals surface area (Å²) in [6.07, 6.45) is -3.53. The van der Waals surface area contributed by atoms with E-state index in [1.807, 2.05) is 31.2 Å². The summed E-state index contributed by atoms with van der Waals surface area (Å²) >= 11 is 3.38. The van der Waals surface area contributed by atoms with Crippen molar-refractivity contribution in [3.8, 4) is 0 Å². The number of nitrogens with one attached hydrogen (secondary N) is 1. The maximum atomic E-state index is 12.4. The highest BCUT2D eigenvalue weighted by Gasteiger charge is 2.30. The van der Waals surface area contributed by atoms with E-state index in [-0.39, 0.29) is 6.04 Å². The lowest BCUT2D eigenvalue weighted by Crippen LogP contribution is -2.10. The van der Waals surface area contributed by atoms with Crippen molar-refractivity contribution in [2.45, 2.75) is 19.1 Å². The van der Waals surface area contributed by atoms with Crippen molar-refractivity contribution < 1.29 is 13.2 Å². The lowest BCUT2D eigenvalue weighted by molar-refractivity contribution is -0.137. The Labute approximate surface area is 123 Å². The highest BCUT2D eigenvalue weighted by Crippen LogP contribution is 2.29. The molecule has 20 heavy (non-hydrogen) atoms. The number of pyridine rings is 1. The molecule has 0 aliphatic carbocycles. The van der Waals surface area contributed by atoms with Crippen molar-refractivity contribution >= 4 is 21.7 Å². The Morgan fingerprint density at radius 1 is 1.20 bits per heavy atom. The summed E-state index contributed by atoms with van der Waals surface area (Å²) in [6, 6.07) is 9.98. The van der Waals surface area contributed by atoms with E-state index in [1.165, 1.54) is 6.07 Å². The smallest absolute Gasteiger partial charge is 0.364 e. The first kappa shape index (κ1) is 14.8. The standard InChI is InChI=1S/C14H12BrF3N2/c1-9(10-3-2-4-12(15)7-10)20-13-6-5-11(8-19-13)14(16,17)18/h2-9H,1H3,(H,19,20). The second-order valence-electron chi connectivity index (χ2n) is 4.35. The van der Waals surface area contributed by atoms with Crippen LogP contribution in [0.4, 0.5) is 19.0 Å². The summed E-state index contributed by atoms with van der Waals surface area (Å²) in [6.45, 7) is 1.92. The predicted octanol–water partition coefficient (Wildman–Crippen LogP) is 5.04. The number of rotatable bonds is 3. The molecule has 0 radical (unpaired) electrons. The SMILES string of the molecule is CC(Nc1ccc(C(F)(F)F)cn1)c1cccc(Br)c1. The van der Waals surface area contributed by atoms with Crippen molar-refractivity contribution in [3.05, 3.63) is 58.2 Å².